The average Bonchev–Trinajstić information content (AvgIpc) is 3.33. The summed E-state index contributed by atoms with van der Waals surface area (Å²) in [5.74, 6) is -1.24. The number of ether oxygens (including phenoxy) is 2. The summed E-state index contributed by atoms with van der Waals surface area (Å²) >= 11 is 12.4. The number of esters is 2. The van der Waals surface area contributed by atoms with Gasteiger partial charge in [0.05, 0.1) is 26.3 Å². The van der Waals surface area contributed by atoms with Crippen LogP contribution in [0.25, 0.3) is 0 Å². The van der Waals surface area contributed by atoms with Crippen LogP contribution in [-0.2, 0) is 16.0 Å². The molecule has 0 amide bonds. The Bertz CT molecular complexity index is 1170. The van der Waals surface area contributed by atoms with E-state index >= 15 is 0 Å². The van der Waals surface area contributed by atoms with Gasteiger partial charge < -0.3 is 20.1 Å². The molecule has 2 aromatic heterocycles. The lowest BCUT2D eigenvalue weighted by Crippen LogP contribution is -2.20. The minimum Gasteiger partial charge on any atom is -0.465 e. The summed E-state index contributed by atoms with van der Waals surface area (Å²) in [5, 5.41) is 10.8. The average molecular weight is 497 g/mol. The van der Waals surface area contributed by atoms with Crippen LogP contribution in [0, 0.1) is 12.7 Å². The van der Waals surface area contributed by atoms with Gasteiger partial charge in [0.25, 0.3) is 0 Å². The first-order valence-electron chi connectivity index (χ1n) is 9.09. The lowest BCUT2D eigenvalue weighted by atomic mass is 10.1. The van der Waals surface area contributed by atoms with E-state index in [0.29, 0.717) is 27.0 Å². The van der Waals surface area contributed by atoms with Crippen LogP contribution in [0.4, 0.5) is 15.2 Å². The van der Waals surface area contributed by atoms with Crippen molar-refractivity contribution in [3.8, 4) is 0 Å². The number of carbonyl (C=O) groups is 2. The van der Waals surface area contributed by atoms with Crippen molar-refractivity contribution in [3.63, 3.8) is 0 Å². The molecule has 1 aromatic carbocycles. The standard InChI is InChI=1S/C20H18ClFN4O4S2/c1-10-15(18(27)29-2)17(32-16(10)19(28)30-3)24-20(31)23-14-7-8-26(25-14)9-11-12(21)5-4-6-13(11)22/h4-8H,9H2,1-3H3,(H2,23,24,25,31). The minimum absolute atomic E-state index is 0.127. The summed E-state index contributed by atoms with van der Waals surface area (Å²) < 4.78 is 25.1. The van der Waals surface area contributed by atoms with E-state index in [2.05, 4.69) is 15.7 Å². The molecule has 8 nitrogen and oxygen atoms in total. The van der Waals surface area contributed by atoms with Crippen molar-refractivity contribution in [1.82, 2.24) is 9.78 Å². The summed E-state index contributed by atoms with van der Waals surface area (Å²) in [6.07, 6.45) is 1.64. The van der Waals surface area contributed by atoms with Crippen LogP contribution in [-0.4, -0.2) is 41.1 Å². The number of hydrogen-bond donors (Lipinski definition) is 2. The highest BCUT2D eigenvalue weighted by molar-refractivity contribution is 7.80. The zero-order valence-corrected chi connectivity index (χ0v) is 19.6. The first kappa shape index (κ1) is 23.6. The minimum atomic E-state index is -0.620. The monoisotopic (exact) mass is 496 g/mol. The van der Waals surface area contributed by atoms with Gasteiger partial charge in [0, 0.05) is 22.8 Å². The Balaban J connectivity index is 1.75. The number of carbonyl (C=O) groups excluding carboxylic acids is 2. The second kappa shape index (κ2) is 10.1. The molecule has 12 heteroatoms. The first-order chi connectivity index (χ1) is 15.2. The van der Waals surface area contributed by atoms with Crippen LogP contribution in [0.2, 0.25) is 5.02 Å². The number of methoxy groups -OCH3 is 2. The molecule has 0 saturated heterocycles. The van der Waals surface area contributed by atoms with Gasteiger partial charge in [0.15, 0.2) is 10.9 Å². The summed E-state index contributed by atoms with van der Waals surface area (Å²) in [7, 11) is 2.50. The number of rotatable bonds is 6. The van der Waals surface area contributed by atoms with Crippen LogP contribution < -0.4 is 10.6 Å². The molecule has 0 radical (unpaired) electrons. The van der Waals surface area contributed by atoms with Crippen LogP contribution >= 0.6 is 35.2 Å². The van der Waals surface area contributed by atoms with Gasteiger partial charge in [0.1, 0.15) is 15.7 Å². The number of anilines is 2. The number of nitrogens with one attached hydrogen (secondary N) is 2. The van der Waals surface area contributed by atoms with E-state index in [9.17, 15) is 14.0 Å². The second-order valence-electron chi connectivity index (χ2n) is 6.42. The molecule has 0 unspecified atom stereocenters. The fraction of sp³-hybridized carbons (Fsp3) is 0.200. The van der Waals surface area contributed by atoms with Crippen LogP contribution in [0.1, 0.15) is 31.2 Å². The Morgan fingerprint density at radius 1 is 1.22 bits per heavy atom. The molecule has 0 aliphatic heterocycles. The molecule has 3 rings (SSSR count). The summed E-state index contributed by atoms with van der Waals surface area (Å²) in [6.45, 7) is 1.75. The van der Waals surface area contributed by atoms with Gasteiger partial charge in [-0.15, -0.1) is 11.3 Å². The van der Waals surface area contributed by atoms with Crippen molar-refractivity contribution in [1.29, 1.82) is 0 Å². The molecule has 2 heterocycles. The van der Waals surface area contributed by atoms with Gasteiger partial charge in [-0.05, 0) is 36.8 Å². The maximum atomic E-state index is 14.0. The zero-order valence-electron chi connectivity index (χ0n) is 17.2. The smallest absolute Gasteiger partial charge is 0.348 e. The molecule has 3 aromatic rings. The number of hydrogen-bond acceptors (Lipinski definition) is 7. The van der Waals surface area contributed by atoms with Crippen molar-refractivity contribution >= 4 is 63.0 Å². The number of thiophene rings is 1. The highest BCUT2D eigenvalue weighted by Gasteiger charge is 2.26. The zero-order chi connectivity index (χ0) is 23.4. The predicted octanol–water partition coefficient (Wildman–Crippen LogP) is 4.48. The Morgan fingerprint density at radius 3 is 2.59 bits per heavy atom. The van der Waals surface area contributed by atoms with Gasteiger partial charge >= 0.3 is 11.9 Å². The Morgan fingerprint density at radius 2 is 1.94 bits per heavy atom. The normalized spacial score (nSPS) is 10.5. The fourth-order valence-corrected chi connectivity index (χ4v) is 4.46. The Labute approximate surface area is 197 Å². The molecule has 2 N–H and O–H groups in total. The molecular formula is C20H18ClFN4O4S2. The predicted molar refractivity (Wildman–Crippen MR) is 124 cm³/mol. The topological polar surface area (TPSA) is 94.5 Å². The van der Waals surface area contributed by atoms with Crippen molar-refractivity contribution < 1.29 is 23.5 Å². The van der Waals surface area contributed by atoms with Gasteiger partial charge in [-0.25, -0.2) is 14.0 Å². The number of benzene rings is 1. The lowest BCUT2D eigenvalue weighted by Gasteiger charge is -2.09. The Hall–Kier alpha value is -3.02. The molecule has 0 fully saturated rings. The van der Waals surface area contributed by atoms with Crippen LogP contribution in [0.15, 0.2) is 30.5 Å². The summed E-state index contributed by atoms with van der Waals surface area (Å²) in [5.41, 5.74) is 0.920. The van der Waals surface area contributed by atoms with E-state index in [0.717, 1.165) is 11.3 Å². The summed E-state index contributed by atoms with van der Waals surface area (Å²) in [4.78, 5) is 24.5. The van der Waals surface area contributed by atoms with E-state index in [1.807, 2.05) is 0 Å². The highest BCUT2D eigenvalue weighted by Crippen LogP contribution is 2.34. The highest BCUT2D eigenvalue weighted by atomic mass is 35.5. The van der Waals surface area contributed by atoms with Gasteiger partial charge in [-0.3, -0.25) is 4.68 Å². The fourth-order valence-electron chi connectivity index (χ4n) is 2.85. The van der Waals surface area contributed by atoms with Crippen LogP contribution in [0.3, 0.4) is 0 Å². The Kier molecular flexibility index (Phi) is 7.44. The van der Waals surface area contributed by atoms with Crippen molar-refractivity contribution in [2.24, 2.45) is 0 Å². The molecule has 32 heavy (non-hydrogen) atoms. The number of aromatic nitrogens is 2. The van der Waals surface area contributed by atoms with Crippen molar-refractivity contribution in [2.45, 2.75) is 13.5 Å². The third-order valence-electron chi connectivity index (χ3n) is 4.40. The van der Waals surface area contributed by atoms with E-state index in [1.165, 1.54) is 31.0 Å². The lowest BCUT2D eigenvalue weighted by molar-refractivity contribution is 0.0601. The van der Waals surface area contributed by atoms with E-state index < -0.39 is 17.8 Å². The molecular weight excluding hydrogens is 479 g/mol. The molecule has 0 saturated carbocycles. The van der Waals surface area contributed by atoms with Crippen molar-refractivity contribution in [3.05, 3.63) is 62.9 Å². The molecule has 0 aliphatic rings. The number of halogens is 2. The number of thiocarbonyl (C=S) groups is 1. The maximum Gasteiger partial charge on any atom is 0.348 e. The SMILES string of the molecule is COC(=O)c1sc(NC(=S)Nc2ccn(Cc3c(F)cccc3Cl)n2)c(C(=O)OC)c1C. The third-order valence-corrected chi connectivity index (χ3v) is 6.14. The second-order valence-corrected chi connectivity index (χ2v) is 8.26. The number of nitrogens with zero attached hydrogens (tertiary/aromatic N) is 2. The van der Waals surface area contributed by atoms with Crippen LogP contribution in [0.5, 0.6) is 0 Å². The molecule has 0 aliphatic carbocycles. The maximum absolute atomic E-state index is 14.0. The molecule has 0 spiro atoms. The van der Waals surface area contributed by atoms with Gasteiger partial charge in [-0.2, -0.15) is 5.10 Å². The van der Waals surface area contributed by atoms with Gasteiger partial charge in [-0.1, -0.05) is 17.7 Å². The molecule has 0 atom stereocenters. The van der Waals surface area contributed by atoms with E-state index in [4.69, 9.17) is 33.3 Å². The summed E-state index contributed by atoms with van der Waals surface area (Å²) in [6, 6.07) is 6.10. The van der Waals surface area contributed by atoms with Crippen molar-refractivity contribution in [2.75, 3.05) is 24.9 Å². The molecule has 0 bridgehead atoms. The third kappa shape index (κ3) is 5.06. The molecule has 168 valence electrons. The quantitative estimate of drug-likeness (QED) is 0.381. The largest absolute Gasteiger partial charge is 0.465 e. The first-order valence-corrected chi connectivity index (χ1v) is 10.7. The van der Waals surface area contributed by atoms with E-state index in [-0.39, 0.29) is 22.1 Å². The van der Waals surface area contributed by atoms with E-state index in [1.54, 1.807) is 25.3 Å². The van der Waals surface area contributed by atoms with Gasteiger partial charge in [0.2, 0.25) is 0 Å².